The summed E-state index contributed by atoms with van der Waals surface area (Å²) in [6, 6.07) is 0.181. The third-order valence-electron chi connectivity index (χ3n) is 2.59. The van der Waals surface area contributed by atoms with Gasteiger partial charge in [-0.2, -0.15) is 0 Å². The molecule has 0 heterocycles. The van der Waals surface area contributed by atoms with Gasteiger partial charge in [-0.3, -0.25) is 0 Å². The Morgan fingerprint density at radius 2 is 1.75 bits per heavy atom. The van der Waals surface area contributed by atoms with Crippen molar-refractivity contribution in [2.75, 3.05) is 53.9 Å². The van der Waals surface area contributed by atoms with E-state index in [4.69, 9.17) is 0 Å². The Balaban J connectivity index is 4.07. The maximum absolute atomic E-state index is 9.19. The predicted molar refractivity (Wildman–Crippen MR) is 69.8 cm³/mol. The fraction of sp³-hybridized carbons (Fsp3) is 1.00. The van der Waals surface area contributed by atoms with Gasteiger partial charge in [-0.15, -0.1) is 0 Å². The lowest BCUT2D eigenvalue weighted by atomic mass is 10.2. The van der Waals surface area contributed by atoms with Crippen LogP contribution in [0.2, 0.25) is 0 Å². The molecular formula is C12H29N3O. The Labute approximate surface area is 101 Å². The van der Waals surface area contributed by atoms with Gasteiger partial charge in [0.05, 0.1) is 6.61 Å². The highest BCUT2D eigenvalue weighted by Crippen LogP contribution is 2.00. The van der Waals surface area contributed by atoms with Crippen molar-refractivity contribution in [3.05, 3.63) is 0 Å². The number of nitrogens with one attached hydrogen (secondary N) is 1. The molecule has 1 atom stereocenters. The third kappa shape index (κ3) is 8.05. The summed E-state index contributed by atoms with van der Waals surface area (Å²) in [4.78, 5) is 4.61. The van der Waals surface area contributed by atoms with E-state index in [1.807, 2.05) is 7.05 Å². The standard InChI is InChI=1S/C12H29N3O/c1-11(2)8-15(7-6-14(4)5)9-12(10-16)13-3/h11-13,16H,6-10H2,1-5H3. The van der Waals surface area contributed by atoms with Crippen LogP contribution < -0.4 is 5.32 Å². The largest absolute Gasteiger partial charge is 0.395 e. The highest BCUT2D eigenvalue weighted by Gasteiger charge is 2.13. The van der Waals surface area contributed by atoms with Crippen molar-refractivity contribution in [1.82, 2.24) is 15.1 Å². The van der Waals surface area contributed by atoms with E-state index in [-0.39, 0.29) is 12.6 Å². The second-order valence-electron chi connectivity index (χ2n) is 5.12. The number of aliphatic hydroxyl groups excluding tert-OH is 1. The van der Waals surface area contributed by atoms with Crippen LogP contribution in [-0.4, -0.2) is 74.9 Å². The summed E-state index contributed by atoms with van der Waals surface area (Å²) in [6.45, 7) is 8.79. The molecule has 0 aromatic carbocycles. The third-order valence-corrected chi connectivity index (χ3v) is 2.59. The number of likely N-dealkylation sites (N-methyl/N-ethyl adjacent to an activating group) is 2. The van der Waals surface area contributed by atoms with Crippen LogP contribution in [0.5, 0.6) is 0 Å². The fourth-order valence-corrected chi connectivity index (χ4v) is 1.67. The number of aliphatic hydroxyl groups is 1. The summed E-state index contributed by atoms with van der Waals surface area (Å²) in [5, 5.41) is 12.3. The molecule has 0 bridgehead atoms. The number of hydrogen-bond acceptors (Lipinski definition) is 4. The molecule has 2 N–H and O–H groups in total. The first-order valence-electron chi connectivity index (χ1n) is 6.14. The number of nitrogens with zero attached hydrogens (tertiary/aromatic N) is 2. The zero-order valence-corrected chi connectivity index (χ0v) is 11.5. The summed E-state index contributed by atoms with van der Waals surface area (Å²) >= 11 is 0. The average molecular weight is 231 g/mol. The van der Waals surface area contributed by atoms with Crippen molar-refractivity contribution in [2.24, 2.45) is 5.92 Å². The Hall–Kier alpha value is -0.160. The molecule has 4 heteroatoms. The Kier molecular flexibility index (Phi) is 8.84. The molecule has 0 spiro atoms. The lowest BCUT2D eigenvalue weighted by Gasteiger charge is -2.29. The molecule has 0 rings (SSSR count). The normalized spacial score (nSPS) is 14.1. The minimum atomic E-state index is 0.181. The van der Waals surface area contributed by atoms with Crippen molar-refractivity contribution >= 4 is 0 Å². The SMILES string of the molecule is CNC(CO)CN(CCN(C)C)CC(C)C. The van der Waals surface area contributed by atoms with Gasteiger partial charge < -0.3 is 20.2 Å². The molecule has 0 aromatic heterocycles. The van der Waals surface area contributed by atoms with Gasteiger partial charge in [0, 0.05) is 32.2 Å². The Bertz CT molecular complexity index is 158. The van der Waals surface area contributed by atoms with Crippen LogP contribution in [0.25, 0.3) is 0 Å². The van der Waals surface area contributed by atoms with Crippen LogP contribution in [0.4, 0.5) is 0 Å². The van der Waals surface area contributed by atoms with Crippen LogP contribution in [0.15, 0.2) is 0 Å². The molecule has 0 radical (unpaired) electrons. The highest BCUT2D eigenvalue weighted by atomic mass is 16.3. The van der Waals surface area contributed by atoms with Crippen LogP contribution in [0.3, 0.4) is 0 Å². The van der Waals surface area contributed by atoms with Gasteiger partial charge in [0.25, 0.3) is 0 Å². The van der Waals surface area contributed by atoms with Gasteiger partial charge in [0.2, 0.25) is 0 Å². The van der Waals surface area contributed by atoms with Gasteiger partial charge in [-0.25, -0.2) is 0 Å². The molecule has 0 saturated heterocycles. The first kappa shape index (κ1) is 15.8. The van der Waals surface area contributed by atoms with Crippen LogP contribution in [0, 0.1) is 5.92 Å². The highest BCUT2D eigenvalue weighted by molar-refractivity contribution is 4.71. The molecule has 0 fully saturated rings. The van der Waals surface area contributed by atoms with E-state index in [1.54, 1.807) is 0 Å². The van der Waals surface area contributed by atoms with Gasteiger partial charge >= 0.3 is 0 Å². The maximum Gasteiger partial charge on any atom is 0.0597 e. The summed E-state index contributed by atoms with van der Waals surface area (Å²) in [5.41, 5.74) is 0. The van der Waals surface area contributed by atoms with Crippen molar-refractivity contribution in [3.63, 3.8) is 0 Å². The Morgan fingerprint density at radius 3 is 2.12 bits per heavy atom. The number of hydrogen-bond donors (Lipinski definition) is 2. The van der Waals surface area contributed by atoms with E-state index in [1.165, 1.54) is 0 Å². The topological polar surface area (TPSA) is 38.7 Å². The lowest BCUT2D eigenvalue weighted by Crippen LogP contribution is -2.45. The molecular weight excluding hydrogens is 202 g/mol. The molecule has 0 aromatic rings. The Morgan fingerprint density at radius 1 is 1.12 bits per heavy atom. The second kappa shape index (κ2) is 8.93. The molecule has 0 aliphatic rings. The average Bonchev–Trinajstić information content (AvgIpc) is 2.21. The van der Waals surface area contributed by atoms with Gasteiger partial charge in [-0.05, 0) is 27.1 Å². The van der Waals surface area contributed by atoms with Crippen molar-refractivity contribution in [3.8, 4) is 0 Å². The summed E-state index contributed by atoms with van der Waals surface area (Å²) < 4.78 is 0. The molecule has 0 saturated carbocycles. The molecule has 0 aliphatic heterocycles. The first-order valence-corrected chi connectivity index (χ1v) is 6.14. The summed E-state index contributed by atoms with van der Waals surface area (Å²) in [7, 11) is 6.09. The van der Waals surface area contributed by atoms with E-state index in [2.05, 4.69) is 43.1 Å². The van der Waals surface area contributed by atoms with Crippen molar-refractivity contribution in [1.29, 1.82) is 0 Å². The summed E-state index contributed by atoms with van der Waals surface area (Å²) in [5.74, 6) is 0.665. The van der Waals surface area contributed by atoms with Gasteiger partial charge in [0.1, 0.15) is 0 Å². The minimum absolute atomic E-state index is 0.181. The van der Waals surface area contributed by atoms with E-state index in [9.17, 15) is 5.11 Å². The molecule has 98 valence electrons. The quantitative estimate of drug-likeness (QED) is 0.590. The fourth-order valence-electron chi connectivity index (χ4n) is 1.67. The molecule has 0 amide bonds. The van der Waals surface area contributed by atoms with E-state index < -0.39 is 0 Å². The van der Waals surface area contributed by atoms with Gasteiger partial charge in [-0.1, -0.05) is 13.8 Å². The van der Waals surface area contributed by atoms with Crippen LogP contribution in [0.1, 0.15) is 13.8 Å². The van der Waals surface area contributed by atoms with Gasteiger partial charge in [0.15, 0.2) is 0 Å². The molecule has 0 aliphatic carbocycles. The maximum atomic E-state index is 9.19. The zero-order valence-electron chi connectivity index (χ0n) is 11.5. The predicted octanol–water partition coefficient (Wildman–Crippen LogP) is 0.0863. The zero-order chi connectivity index (χ0) is 12.6. The molecule has 16 heavy (non-hydrogen) atoms. The van der Waals surface area contributed by atoms with E-state index in [0.29, 0.717) is 5.92 Å². The smallest absolute Gasteiger partial charge is 0.0597 e. The number of rotatable bonds is 9. The first-order chi connectivity index (χ1) is 7.49. The van der Waals surface area contributed by atoms with E-state index >= 15 is 0 Å². The molecule has 1 unspecified atom stereocenters. The minimum Gasteiger partial charge on any atom is -0.395 e. The second-order valence-corrected chi connectivity index (χ2v) is 5.12. The van der Waals surface area contributed by atoms with E-state index in [0.717, 1.165) is 26.2 Å². The van der Waals surface area contributed by atoms with Crippen molar-refractivity contribution in [2.45, 2.75) is 19.9 Å². The molecule has 4 nitrogen and oxygen atoms in total. The van der Waals surface area contributed by atoms with Crippen LogP contribution in [-0.2, 0) is 0 Å². The lowest BCUT2D eigenvalue weighted by molar-refractivity contribution is 0.165. The summed E-state index contributed by atoms with van der Waals surface area (Å²) in [6.07, 6.45) is 0. The monoisotopic (exact) mass is 231 g/mol. The van der Waals surface area contributed by atoms with Crippen LogP contribution >= 0.6 is 0 Å². The van der Waals surface area contributed by atoms with Crippen molar-refractivity contribution < 1.29 is 5.11 Å².